The SMILES string of the molecule is C/C(=N\Nc1ccc(C(F)(F)F)cc1)c1ccccn1. The first-order chi connectivity index (χ1) is 9.47. The summed E-state index contributed by atoms with van der Waals surface area (Å²) in [6, 6.07) is 10.1. The minimum absolute atomic E-state index is 0.480. The number of hydrazone groups is 1. The van der Waals surface area contributed by atoms with Crippen molar-refractivity contribution in [3.63, 3.8) is 0 Å². The summed E-state index contributed by atoms with van der Waals surface area (Å²) in [5.74, 6) is 0. The minimum atomic E-state index is -4.33. The molecule has 0 bridgehead atoms. The summed E-state index contributed by atoms with van der Waals surface area (Å²) in [5.41, 5.74) is 3.84. The largest absolute Gasteiger partial charge is 0.416 e. The third kappa shape index (κ3) is 3.57. The maximum Gasteiger partial charge on any atom is 0.416 e. The van der Waals surface area contributed by atoms with Crippen molar-refractivity contribution in [1.82, 2.24) is 4.98 Å². The molecule has 2 rings (SSSR count). The Kier molecular flexibility index (Phi) is 4.02. The number of rotatable bonds is 3. The molecule has 0 radical (unpaired) electrons. The summed E-state index contributed by atoms with van der Waals surface area (Å²) in [5, 5.41) is 4.08. The van der Waals surface area contributed by atoms with Crippen LogP contribution in [-0.4, -0.2) is 10.7 Å². The van der Waals surface area contributed by atoms with Crippen LogP contribution in [0, 0.1) is 0 Å². The van der Waals surface area contributed by atoms with Gasteiger partial charge in [-0.15, -0.1) is 0 Å². The van der Waals surface area contributed by atoms with Crippen LogP contribution in [-0.2, 0) is 6.18 Å². The topological polar surface area (TPSA) is 37.3 Å². The van der Waals surface area contributed by atoms with Gasteiger partial charge in [-0.05, 0) is 43.3 Å². The first-order valence-corrected chi connectivity index (χ1v) is 5.86. The highest BCUT2D eigenvalue weighted by molar-refractivity contribution is 5.97. The Bertz CT molecular complexity index is 589. The molecule has 6 heteroatoms. The number of benzene rings is 1. The highest BCUT2D eigenvalue weighted by atomic mass is 19.4. The van der Waals surface area contributed by atoms with Crippen LogP contribution in [0.2, 0.25) is 0 Å². The van der Waals surface area contributed by atoms with Crippen molar-refractivity contribution in [1.29, 1.82) is 0 Å². The molecule has 0 atom stereocenters. The average molecular weight is 279 g/mol. The van der Waals surface area contributed by atoms with Crippen molar-refractivity contribution < 1.29 is 13.2 Å². The van der Waals surface area contributed by atoms with Crippen molar-refractivity contribution in [3.8, 4) is 0 Å². The molecule has 1 N–H and O–H groups in total. The van der Waals surface area contributed by atoms with E-state index in [1.54, 1.807) is 25.3 Å². The number of nitrogens with zero attached hydrogens (tertiary/aromatic N) is 2. The highest BCUT2D eigenvalue weighted by Gasteiger charge is 2.29. The lowest BCUT2D eigenvalue weighted by Gasteiger charge is -2.07. The van der Waals surface area contributed by atoms with Gasteiger partial charge in [-0.1, -0.05) is 6.07 Å². The highest BCUT2D eigenvalue weighted by Crippen LogP contribution is 2.29. The van der Waals surface area contributed by atoms with E-state index < -0.39 is 11.7 Å². The second-order valence-corrected chi connectivity index (χ2v) is 4.10. The van der Waals surface area contributed by atoms with Gasteiger partial charge in [0.1, 0.15) is 0 Å². The molecule has 0 amide bonds. The lowest BCUT2D eigenvalue weighted by Crippen LogP contribution is -2.05. The van der Waals surface area contributed by atoms with E-state index >= 15 is 0 Å². The molecule has 0 spiro atoms. The van der Waals surface area contributed by atoms with Crippen LogP contribution in [0.1, 0.15) is 18.2 Å². The molecule has 0 fully saturated rings. The van der Waals surface area contributed by atoms with Crippen LogP contribution in [0.5, 0.6) is 0 Å². The van der Waals surface area contributed by atoms with E-state index in [1.165, 1.54) is 12.1 Å². The third-order valence-electron chi connectivity index (χ3n) is 2.60. The van der Waals surface area contributed by atoms with Crippen molar-refractivity contribution in [3.05, 3.63) is 59.9 Å². The number of halogens is 3. The predicted octanol–water partition coefficient (Wildman–Crippen LogP) is 3.94. The molecular formula is C14H12F3N3. The van der Waals surface area contributed by atoms with E-state index in [4.69, 9.17) is 0 Å². The number of hydrogen-bond donors (Lipinski definition) is 1. The molecule has 20 heavy (non-hydrogen) atoms. The summed E-state index contributed by atoms with van der Waals surface area (Å²) < 4.78 is 37.2. The molecule has 1 heterocycles. The average Bonchev–Trinajstić information content (AvgIpc) is 2.45. The Morgan fingerprint density at radius 1 is 1.10 bits per heavy atom. The Morgan fingerprint density at radius 2 is 1.80 bits per heavy atom. The van der Waals surface area contributed by atoms with Gasteiger partial charge in [-0.3, -0.25) is 10.4 Å². The lowest BCUT2D eigenvalue weighted by atomic mass is 10.2. The van der Waals surface area contributed by atoms with Gasteiger partial charge in [-0.25, -0.2) is 0 Å². The molecule has 0 saturated carbocycles. The van der Waals surface area contributed by atoms with E-state index in [0.717, 1.165) is 12.1 Å². The fraction of sp³-hybridized carbons (Fsp3) is 0.143. The zero-order chi connectivity index (χ0) is 14.6. The van der Waals surface area contributed by atoms with E-state index in [2.05, 4.69) is 15.5 Å². The normalized spacial score (nSPS) is 12.3. The second-order valence-electron chi connectivity index (χ2n) is 4.10. The first kappa shape index (κ1) is 14.0. The van der Waals surface area contributed by atoms with Crippen LogP contribution < -0.4 is 5.43 Å². The zero-order valence-electron chi connectivity index (χ0n) is 10.6. The molecule has 0 unspecified atom stereocenters. The Balaban J connectivity index is 2.08. The molecule has 104 valence electrons. The molecule has 1 aromatic carbocycles. The van der Waals surface area contributed by atoms with Gasteiger partial charge in [0, 0.05) is 6.20 Å². The monoisotopic (exact) mass is 279 g/mol. The summed E-state index contributed by atoms with van der Waals surface area (Å²) in [6.45, 7) is 1.76. The van der Waals surface area contributed by atoms with Gasteiger partial charge in [0.15, 0.2) is 0 Å². The predicted molar refractivity (Wildman–Crippen MR) is 71.5 cm³/mol. The quantitative estimate of drug-likeness (QED) is 0.682. The summed E-state index contributed by atoms with van der Waals surface area (Å²) in [6.07, 6.45) is -2.68. The van der Waals surface area contributed by atoms with Crippen molar-refractivity contribution in [2.75, 3.05) is 5.43 Å². The number of nitrogens with one attached hydrogen (secondary N) is 1. The van der Waals surface area contributed by atoms with Gasteiger partial charge in [0.25, 0.3) is 0 Å². The summed E-state index contributed by atoms with van der Waals surface area (Å²) in [4.78, 5) is 4.12. The number of pyridine rings is 1. The van der Waals surface area contributed by atoms with Crippen LogP contribution in [0.25, 0.3) is 0 Å². The van der Waals surface area contributed by atoms with Gasteiger partial charge in [-0.2, -0.15) is 18.3 Å². The van der Waals surface area contributed by atoms with Crippen LogP contribution in [0.15, 0.2) is 53.8 Å². The fourth-order valence-electron chi connectivity index (χ4n) is 1.52. The first-order valence-electron chi connectivity index (χ1n) is 5.86. The Hall–Kier alpha value is -2.37. The van der Waals surface area contributed by atoms with Gasteiger partial charge in [0.05, 0.1) is 22.7 Å². The van der Waals surface area contributed by atoms with E-state index in [1.807, 2.05) is 6.07 Å². The number of anilines is 1. The van der Waals surface area contributed by atoms with Crippen molar-refractivity contribution in [2.45, 2.75) is 13.1 Å². The van der Waals surface area contributed by atoms with Gasteiger partial charge < -0.3 is 0 Å². The van der Waals surface area contributed by atoms with Gasteiger partial charge >= 0.3 is 6.18 Å². The van der Waals surface area contributed by atoms with E-state index in [-0.39, 0.29) is 0 Å². The summed E-state index contributed by atoms with van der Waals surface area (Å²) in [7, 11) is 0. The molecule has 0 saturated heterocycles. The van der Waals surface area contributed by atoms with Crippen LogP contribution in [0.4, 0.5) is 18.9 Å². The van der Waals surface area contributed by atoms with Gasteiger partial charge in [0.2, 0.25) is 0 Å². The molecule has 2 aromatic rings. The minimum Gasteiger partial charge on any atom is -0.278 e. The second kappa shape index (κ2) is 5.73. The number of hydrogen-bond acceptors (Lipinski definition) is 3. The van der Waals surface area contributed by atoms with Crippen molar-refractivity contribution in [2.24, 2.45) is 5.10 Å². The van der Waals surface area contributed by atoms with E-state index in [9.17, 15) is 13.2 Å². The third-order valence-corrected chi connectivity index (χ3v) is 2.60. The molecule has 3 nitrogen and oxygen atoms in total. The van der Waals surface area contributed by atoms with Crippen molar-refractivity contribution >= 4 is 11.4 Å². The summed E-state index contributed by atoms with van der Waals surface area (Å²) >= 11 is 0. The maximum atomic E-state index is 12.4. The van der Waals surface area contributed by atoms with E-state index in [0.29, 0.717) is 17.1 Å². The van der Waals surface area contributed by atoms with Crippen LogP contribution >= 0.6 is 0 Å². The molecule has 0 aliphatic rings. The van der Waals surface area contributed by atoms with Crippen LogP contribution in [0.3, 0.4) is 0 Å². The fourth-order valence-corrected chi connectivity index (χ4v) is 1.52. The number of alkyl halides is 3. The molecule has 0 aliphatic heterocycles. The number of aromatic nitrogens is 1. The zero-order valence-corrected chi connectivity index (χ0v) is 10.6. The Morgan fingerprint density at radius 3 is 2.35 bits per heavy atom. The molecular weight excluding hydrogens is 267 g/mol. The molecule has 1 aromatic heterocycles. The standard InChI is InChI=1S/C14H12F3N3/c1-10(13-4-2-3-9-18-13)19-20-12-7-5-11(6-8-12)14(15,16)17/h2-9,20H,1H3/b19-10+. The molecule has 0 aliphatic carbocycles. The smallest absolute Gasteiger partial charge is 0.278 e. The lowest BCUT2D eigenvalue weighted by molar-refractivity contribution is -0.137. The maximum absolute atomic E-state index is 12.4. The Labute approximate surface area is 114 Å².